The molecular weight excluding hydrogens is 395 g/mol. The molecule has 9 nitrogen and oxygen atoms in total. The summed E-state index contributed by atoms with van der Waals surface area (Å²) in [5.74, 6) is -1.02. The normalized spacial score (nSPS) is 22.8. The monoisotopic (exact) mass is 422 g/mol. The number of primary amides is 1. The Balaban J connectivity index is 1.71. The Labute approximate surface area is 174 Å². The highest BCUT2D eigenvalue weighted by Crippen LogP contribution is 2.35. The lowest BCUT2D eigenvalue weighted by Crippen LogP contribution is -2.49. The predicted molar refractivity (Wildman–Crippen MR) is 107 cm³/mol. The van der Waals surface area contributed by atoms with Crippen molar-refractivity contribution in [1.82, 2.24) is 10.6 Å². The van der Waals surface area contributed by atoms with E-state index in [1.807, 2.05) is 4.90 Å². The third-order valence-corrected chi connectivity index (χ3v) is 5.82. The number of hydrogen-bond acceptors (Lipinski definition) is 6. The number of rotatable bonds is 7. The molecule has 0 radical (unpaired) electrons. The van der Waals surface area contributed by atoms with E-state index in [4.69, 9.17) is 15.2 Å². The summed E-state index contributed by atoms with van der Waals surface area (Å²) in [6, 6.07) is 4.52. The standard InChI is InChI=1S/C20H27FN4O5/c1-3-29-18(27)23-9-12-6-7-25(11-12)15-5-4-13(8-14(15)21)20(2,17(22)26)16-10-24-19(28)30-16/h4-5,8,12,16H,3,6-7,9-11H2,1-2H3,(H2,22,26)(H,23,27)(H,24,28). The fraction of sp³-hybridized carbons (Fsp3) is 0.550. The molecule has 10 heteroatoms. The number of ether oxygens (including phenoxy) is 2. The largest absolute Gasteiger partial charge is 0.450 e. The Hall–Kier alpha value is -3.04. The van der Waals surface area contributed by atoms with E-state index in [1.54, 1.807) is 26.0 Å². The molecule has 2 saturated heterocycles. The molecule has 0 aliphatic carbocycles. The minimum absolute atomic E-state index is 0.114. The lowest BCUT2D eigenvalue weighted by Gasteiger charge is -2.31. The summed E-state index contributed by atoms with van der Waals surface area (Å²) in [5.41, 5.74) is 4.99. The lowest BCUT2D eigenvalue weighted by molar-refractivity contribution is -0.126. The summed E-state index contributed by atoms with van der Waals surface area (Å²) in [4.78, 5) is 37.0. The zero-order valence-electron chi connectivity index (χ0n) is 17.1. The van der Waals surface area contributed by atoms with Crippen molar-refractivity contribution in [3.63, 3.8) is 0 Å². The molecule has 2 aliphatic heterocycles. The van der Waals surface area contributed by atoms with E-state index in [-0.39, 0.29) is 12.5 Å². The number of nitrogens with one attached hydrogen (secondary N) is 2. The highest BCUT2D eigenvalue weighted by molar-refractivity contribution is 5.88. The highest BCUT2D eigenvalue weighted by atomic mass is 19.1. The van der Waals surface area contributed by atoms with Gasteiger partial charge in [0.05, 0.1) is 18.8 Å². The summed E-state index contributed by atoms with van der Waals surface area (Å²) < 4.78 is 25.0. The molecule has 3 atom stereocenters. The van der Waals surface area contributed by atoms with Gasteiger partial charge in [0, 0.05) is 19.6 Å². The fourth-order valence-electron chi connectivity index (χ4n) is 3.91. The van der Waals surface area contributed by atoms with Gasteiger partial charge in [0.2, 0.25) is 5.91 Å². The van der Waals surface area contributed by atoms with Gasteiger partial charge in [-0.25, -0.2) is 14.0 Å². The molecule has 3 rings (SSSR count). The number of amides is 3. The van der Waals surface area contributed by atoms with Crippen LogP contribution in [0.25, 0.3) is 0 Å². The van der Waals surface area contributed by atoms with Crippen molar-refractivity contribution in [3.8, 4) is 0 Å². The number of nitrogens with two attached hydrogens (primary N) is 1. The maximum absolute atomic E-state index is 15.0. The average molecular weight is 422 g/mol. The van der Waals surface area contributed by atoms with E-state index >= 15 is 0 Å². The first-order valence-corrected chi connectivity index (χ1v) is 9.95. The van der Waals surface area contributed by atoms with Crippen LogP contribution in [0.1, 0.15) is 25.8 Å². The van der Waals surface area contributed by atoms with Gasteiger partial charge in [-0.15, -0.1) is 0 Å². The van der Waals surface area contributed by atoms with Crippen LogP contribution in [0.4, 0.5) is 19.7 Å². The summed E-state index contributed by atoms with van der Waals surface area (Å²) in [7, 11) is 0. The third-order valence-electron chi connectivity index (χ3n) is 5.82. The number of alkyl carbamates (subject to hydrolysis) is 2. The zero-order valence-corrected chi connectivity index (χ0v) is 17.1. The van der Waals surface area contributed by atoms with Gasteiger partial charge >= 0.3 is 12.2 Å². The van der Waals surface area contributed by atoms with Crippen LogP contribution in [-0.4, -0.2) is 57.0 Å². The maximum atomic E-state index is 15.0. The van der Waals surface area contributed by atoms with E-state index < -0.39 is 35.4 Å². The Morgan fingerprint density at radius 2 is 2.23 bits per heavy atom. The molecule has 1 aromatic carbocycles. The van der Waals surface area contributed by atoms with E-state index in [1.165, 1.54) is 6.07 Å². The second-order valence-corrected chi connectivity index (χ2v) is 7.71. The number of cyclic esters (lactones) is 1. The predicted octanol–water partition coefficient (Wildman–Crippen LogP) is 1.25. The summed E-state index contributed by atoms with van der Waals surface area (Å²) in [6.45, 7) is 5.38. The molecule has 3 amide bonds. The molecular formula is C20H27FN4O5. The molecule has 0 saturated carbocycles. The molecule has 1 aromatic rings. The smallest absolute Gasteiger partial charge is 0.407 e. The second kappa shape index (κ2) is 8.76. The van der Waals surface area contributed by atoms with Crippen LogP contribution < -0.4 is 21.3 Å². The minimum atomic E-state index is -1.37. The molecule has 3 unspecified atom stereocenters. The summed E-state index contributed by atoms with van der Waals surface area (Å²) in [6.07, 6.45) is -1.11. The molecule has 164 valence electrons. The van der Waals surface area contributed by atoms with E-state index in [0.717, 1.165) is 6.42 Å². The number of benzene rings is 1. The third kappa shape index (κ3) is 4.27. The van der Waals surface area contributed by atoms with Gasteiger partial charge < -0.3 is 30.7 Å². The van der Waals surface area contributed by atoms with Gasteiger partial charge in [-0.05, 0) is 43.9 Å². The molecule has 2 fully saturated rings. The van der Waals surface area contributed by atoms with Crippen LogP contribution in [0.2, 0.25) is 0 Å². The number of anilines is 1. The summed E-state index contributed by atoms with van der Waals surface area (Å²) in [5, 5.41) is 5.20. The van der Waals surface area contributed by atoms with Crippen LogP contribution in [0.5, 0.6) is 0 Å². The van der Waals surface area contributed by atoms with Crippen molar-refractivity contribution >= 4 is 23.8 Å². The maximum Gasteiger partial charge on any atom is 0.407 e. The topological polar surface area (TPSA) is 123 Å². The van der Waals surface area contributed by atoms with Crippen LogP contribution in [0.3, 0.4) is 0 Å². The van der Waals surface area contributed by atoms with Crippen molar-refractivity contribution in [1.29, 1.82) is 0 Å². The van der Waals surface area contributed by atoms with Gasteiger partial charge in [0.1, 0.15) is 17.3 Å². The molecule has 30 heavy (non-hydrogen) atoms. The van der Waals surface area contributed by atoms with Crippen molar-refractivity contribution < 1.29 is 28.2 Å². The van der Waals surface area contributed by atoms with Gasteiger partial charge in [-0.3, -0.25) is 4.79 Å². The van der Waals surface area contributed by atoms with Crippen LogP contribution in [0, 0.1) is 11.7 Å². The van der Waals surface area contributed by atoms with Crippen molar-refractivity contribution in [2.24, 2.45) is 11.7 Å². The lowest BCUT2D eigenvalue weighted by atomic mass is 9.76. The van der Waals surface area contributed by atoms with Crippen molar-refractivity contribution in [2.45, 2.75) is 31.8 Å². The number of nitrogens with zero attached hydrogens (tertiary/aromatic N) is 1. The van der Waals surface area contributed by atoms with Crippen LogP contribution in [-0.2, 0) is 19.7 Å². The van der Waals surface area contributed by atoms with Crippen molar-refractivity contribution in [3.05, 3.63) is 29.6 Å². The molecule has 4 N–H and O–H groups in total. The molecule has 2 aliphatic rings. The second-order valence-electron chi connectivity index (χ2n) is 7.71. The molecule has 0 bridgehead atoms. The fourth-order valence-corrected chi connectivity index (χ4v) is 3.91. The van der Waals surface area contributed by atoms with Gasteiger partial charge in [-0.1, -0.05) is 6.07 Å². The minimum Gasteiger partial charge on any atom is -0.450 e. The Bertz CT molecular complexity index is 835. The number of hydrogen-bond donors (Lipinski definition) is 3. The average Bonchev–Trinajstić information content (AvgIpc) is 3.35. The van der Waals surface area contributed by atoms with Gasteiger partial charge in [-0.2, -0.15) is 0 Å². The molecule has 2 heterocycles. The number of carbonyl (C=O) groups excluding carboxylic acids is 3. The van der Waals surface area contributed by atoms with Gasteiger partial charge in [0.25, 0.3) is 0 Å². The molecule has 0 aromatic heterocycles. The van der Waals surface area contributed by atoms with Crippen LogP contribution >= 0.6 is 0 Å². The quantitative estimate of drug-likeness (QED) is 0.608. The van der Waals surface area contributed by atoms with Gasteiger partial charge in [0.15, 0.2) is 0 Å². The van der Waals surface area contributed by atoms with Crippen LogP contribution in [0.15, 0.2) is 18.2 Å². The number of halogens is 1. The van der Waals surface area contributed by atoms with E-state index in [9.17, 15) is 18.8 Å². The van der Waals surface area contributed by atoms with Crippen molar-refractivity contribution in [2.75, 3.05) is 37.7 Å². The summed E-state index contributed by atoms with van der Waals surface area (Å²) >= 11 is 0. The number of carbonyl (C=O) groups is 3. The Morgan fingerprint density at radius 3 is 2.83 bits per heavy atom. The Morgan fingerprint density at radius 1 is 1.47 bits per heavy atom. The molecule has 0 spiro atoms. The first-order chi connectivity index (χ1) is 14.3. The van der Waals surface area contributed by atoms with E-state index in [0.29, 0.717) is 37.5 Å². The van der Waals surface area contributed by atoms with E-state index in [2.05, 4.69) is 10.6 Å². The zero-order chi connectivity index (χ0) is 21.9. The first-order valence-electron chi connectivity index (χ1n) is 9.95. The SMILES string of the molecule is CCOC(=O)NCC1CCN(c2ccc(C(C)(C(N)=O)C3CNC(=O)O3)cc2F)C1. The highest BCUT2D eigenvalue weighted by Gasteiger charge is 2.47. The first kappa shape index (κ1) is 21.7. The Kier molecular flexibility index (Phi) is 6.33.